The molecule has 104 valence electrons. The van der Waals surface area contributed by atoms with Gasteiger partial charge in [-0.2, -0.15) is 10.2 Å². The highest BCUT2D eigenvalue weighted by Gasteiger charge is 2.19. The van der Waals surface area contributed by atoms with Crippen molar-refractivity contribution in [3.05, 3.63) is 29.6 Å². The lowest BCUT2D eigenvalue weighted by molar-refractivity contribution is 0.467. The Balaban J connectivity index is 2.24. The quantitative estimate of drug-likeness (QED) is 0.611. The first-order valence-corrected chi connectivity index (χ1v) is 6.37. The summed E-state index contributed by atoms with van der Waals surface area (Å²) in [5.74, 6) is 6.60. The Kier molecular flexibility index (Phi) is 3.96. The molecule has 0 aromatic carbocycles. The van der Waals surface area contributed by atoms with Crippen molar-refractivity contribution in [1.29, 1.82) is 0 Å². The van der Waals surface area contributed by atoms with Crippen LogP contribution in [0.2, 0.25) is 0 Å². The van der Waals surface area contributed by atoms with E-state index in [2.05, 4.69) is 34.5 Å². The fourth-order valence-electron chi connectivity index (χ4n) is 2.15. The molecule has 0 aliphatic heterocycles. The molecule has 0 spiro atoms. The second kappa shape index (κ2) is 5.50. The second-order valence-corrected chi connectivity index (χ2v) is 4.95. The lowest BCUT2D eigenvalue weighted by atomic mass is 10.1. The molecule has 2 heterocycles. The largest absolute Gasteiger partial charge is 0.273 e. The molecule has 0 saturated heterocycles. The van der Waals surface area contributed by atoms with Crippen LogP contribution in [0, 0.1) is 6.92 Å². The summed E-state index contributed by atoms with van der Waals surface area (Å²) >= 11 is 0. The van der Waals surface area contributed by atoms with Gasteiger partial charge in [-0.1, -0.05) is 0 Å². The molecule has 7 nitrogen and oxygen atoms in total. The third-order valence-electron chi connectivity index (χ3n) is 3.37. The summed E-state index contributed by atoms with van der Waals surface area (Å²) in [6, 6.07) is 0.265. The second-order valence-electron chi connectivity index (χ2n) is 4.95. The fourth-order valence-corrected chi connectivity index (χ4v) is 2.15. The molecule has 2 aromatic rings. The van der Waals surface area contributed by atoms with Crippen molar-refractivity contribution >= 4 is 0 Å². The van der Waals surface area contributed by atoms with Gasteiger partial charge in [0.2, 0.25) is 0 Å². The van der Waals surface area contributed by atoms with Gasteiger partial charge >= 0.3 is 0 Å². The Labute approximate surface area is 112 Å². The number of aryl methyl sites for hydroxylation is 1. The van der Waals surface area contributed by atoms with Gasteiger partial charge in [0, 0.05) is 30.8 Å². The molecule has 0 fully saturated rings. The molecule has 1 unspecified atom stereocenters. The molecule has 2 aromatic heterocycles. The van der Waals surface area contributed by atoms with Crippen molar-refractivity contribution in [2.45, 2.75) is 39.3 Å². The first-order valence-electron chi connectivity index (χ1n) is 6.37. The van der Waals surface area contributed by atoms with Gasteiger partial charge in [0.05, 0.1) is 12.2 Å². The summed E-state index contributed by atoms with van der Waals surface area (Å²) in [6.45, 7) is 6.19. The molecular formula is C12H21N7. The van der Waals surface area contributed by atoms with Crippen LogP contribution in [0.4, 0.5) is 0 Å². The molecule has 3 N–H and O–H groups in total. The minimum absolute atomic E-state index is 0.0181. The molecule has 0 saturated carbocycles. The van der Waals surface area contributed by atoms with Crippen LogP contribution in [-0.4, -0.2) is 24.5 Å². The highest BCUT2D eigenvalue weighted by Crippen LogP contribution is 2.20. The number of nitrogens with zero attached hydrogens (tertiary/aromatic N) is 5. The first-order chi connectivity index (χ1) is 9.04. The van der Waals surface area contributed by atoms with Crippen molar-refractivity contribution in [3.63, 3.8) is 0 Å². The van der Waals surface area contributed by atoms with Crippen LogP contribution in [0.25, 0.3) is 0 Å². The number of hydrogen-bond donors (Lipinski definition) is 2. The number of nitrogens with two attached hydrogens (primary N) is 1. The SMILES string of the molecule is Cc1c(C(Cc2ncnn2C(C)C)NN)cnn1C. The zero-order valence-corrected chi connectivity index (χ0v) is 11.8. The summed E-state index contributed by atoms with van der Waals surface area (Å²) in [5, 5.41) is 8.49. The highest BCUT2D eigenvalue weighted by atomic mass is 15.4. The summed E-state index contributed by atoms with van der Waals surface area (Å²) in [7, 11) is 1.92. The summed E-state index contributed by atoms with van der Waals surface area (Å²) in [6.07, 6.45) is 4.11. The summed E-state index contributed by atoms with van der Waals surface area (Å²) in [5.41, 5.74) is 5.02. The van der Waals surface area contributed by atoms with Crippen LogP contribution in [0.1, 0.15) is 43.0 Å². The molecular weight excluding hydrogens is 242 g/mol. The molecule has 0 amide bonds. The minimum atomic E-state index is -0.0181. The minimum Gasteiger partial charge on any atom is -0.273 e. The standard InChI is InChI=1S/C12H21N7/c1-8(2)19-12(14-7-16-19)5-11(17-13)10-6-15-18(4)9(10)3/h6-8,11,17H,5,13H2,1-4H3. The topological polar surface area (TPSA) is 86.6 Å². The van der Waals surface area contributed by atoms with Crippen molar-refractivity contribution < 1.29 is 0 Å². The predicted octanol–water partition coefficient (Wildman–Crippen LogP) is 0.648. The van der Waals surface area contributed by atoms with E-state index in [0.717, 1.165) is 17.1 Å². The van der Waals surface area contributed by atoms with Crippen LogP contribution in [0.15, 0.2) is 12.5 Å². The van der Waals surface area contributed by atoms with Crippen LogP contribution in [-0.2, 0) is 13.5 Å². The van der Waals surface area contributed by atoms with Crippen molar-refractivity contribution in [1.82, 2.24) is 30.0 Å². The Morgan fingerprint density at radius 2 is 2.11 bits per heavy atom. The zero-order chi connectivity index (χ0) is 14.0. The maximum Gasteiger partial charge on any atom is 0.138 e. The van der Waals surface area contributed by atoms with Gasteiger partial charge in [0.1, 0.15) is 12.2 Å². The molecule has 2 rings (SSSR count). The van der Waals surface area contributed by atoms with Gasteiger partial charge in [-0.15, -0.1) is 0 Å². The lowest BCUT2D eigenvalue weighted by Crippen LogP contribution is -2.31. The Morgan fingerprint density at radius 3 is 2.63 bits per heavy atom. The van der Waals surface area contributed by atoms with Crippen LogP contribution >= 0.6 is 0 Å². The lowest BCUT2D eigenvalue weighted by Gasteiger charge is -2.17. The third-order valence-corrected chi connectivity index (χ3v) is 3.37. The van der Waals surface area contributed by atoms with E-state index >= 15 is 0 Å². The maximum absolute atomic E-state index is 5.68. The number of aromatic nitrogens is 5. The monoisotopic (exact) mass is 263 g/mol. The number of nitrogens with one attached hydrogen (secondary N) is 1. The molecule has 0 aliphatic rings. The van der Waals surface area contributed by atoms with E-state index in [4.69, 9.17) is 5.84 Å². The van der Waals surface area contributed by atoms with Gasteiger partial charge in [0.15, 0.2) is 0 Å². The van der Waals surface area contributed by atoms with Crippen molar-refractivity contribution in [3.8, 4) is 0 Å². The van der Waals surface area contributed by atoms with E-state index in [1.54, 1.807) is 6.33 Å². The van der Waals surface area contributed by atoms with Gasteiger partial charge in [-0.25, -0.2) is 9.67 Å². The normalized spacial score (nSPS) is 13.2. The highest BCUT2D eigenvalue weighted by molar-refractivity contribution is 5.21. The van der Waals surface area contributed by atoms with Crippen LogP contribution in [0.3, 0.4) is 0 Å². The summed E-state index contributed by atoms with van der Waals surface area (Å²) < 4.78 is 3.75. The summed E-state index contributed by atoms with van der Waals surface area (Å²) in [4.78, 5) is 4.32. The first kappa shape index (κ1) is 13.7. The van der Waals surface area contributed by atoms with Gasteiger partial charge in [0.25, 0.3) is 0 Å². The van der Waals surface area contributed by atoms with E-state index in [-0.39, 0.29) is 12.1 Å². The smallest absolute Gasteiger partial charge is 0.138 e. The molecule has 0 radical (unpaired) electrons. The Bertz CT molecular complexity index is 540. The molecule has 19 heavy (non-hydrogen) atoms. The predicted molar refractivity (Wildman–Crippen MR) is 72.1 cm³/mol. The van der Waals surface area contributed by atoms with Crippen LogP contribution in [0.5, 0.6) is 0 Å². The number of hydrazine groups is 1. The fraction of sp³-hybridized carbons (Fsp3) is 0.583. The number of rotatable bonds is 5. The Morgan fingerprint density at radius 1 is 1.37 bits per heavy atom. The van der Waals surface area contributed by atoms with Gasteiger partial charge in [-0.3, -0.25) is 16.0 Å². The van der Waals surface area contributed by atoms with E-state index in [1.807, 2.05) is 29.5 Å². The third kappa shape index (κ3) is 2.66. The van der Waals surface area contributed by atoms with E-state index in [9.17, 15) is 0 Å². The van der Waals surface area contributed by atoms with E-state index < -0.39 is 0 Å². The average Bonchev–Trinajstić information content (AvgIpc) is 2.96. The van der Waals surface area contributed by atoms with Gasteiger partial charge in [-0.05, 0) is 20.8 Å². The number of hydrogen-bond acceptors (Lipinski definition) is 5. The average molecular weight is 263 g/mol. The Hall–Kier alpha value is -1.73. The van der Waals surface area contributed by atoms with Crippen LogP contribution < -0.4 is 11.3 Å². The van der Waals surface area contributed by atoms with Gasteiger partial charge < -0.3 is 0 Å². The molecule has 1 atom stereocenters. The van der Waals surface area contributed by atoms with E-state index in [0.29, 0.717) is 6.42 Å². The van der Waals surface area contributed by atoms with E-state index in [1.165, 1.54) is 0 Å². The van der Waals surface area contributed by atoms with Crippen molar-refractivity contribution in [2.24, 2.45) is 12.9 Å². The molecule has 0 aliphatic carbocycles. The maximum atomic E-state index is 5.68. The molecule has 7 heteroatoms. The zero-order valence-electron chi connectivity index (χ0n) is 11.8. The van der Waals surface area contributed by atoms with Crippen molar-refractivity contribution in [2.75, 3.05) is 0 Å². The molecule has 0 bridgehead atoms.